The van der Waals surface area contributed by atoms with Crippen LogP contribution in [0.15, 0.2) is 24.3 Å². The van der Waals surface area contributed by atoms with Crippen molar-refractivity contribution in [3.05, 3.63) is 29.8 Å². The van der Waals surface area contributed by atoms with Crippen LogP contribution in [0.3, 0.4) is 0 Å². The van der Waals surface area contributed by atoms with Gasteiger partial charge in [-0.15, -0.1) is 12.4 Å². The maximum atomic E-state index is 12.6. The van der Waals surface area contributed by atoms with Gasteiger partial charge in [0, 0.05) is 17.5 Å². The van der Waals surface area contributed by atoms with Crippen LogP contribution in [0.4, 0.5) is 5.69 Å². The first-order chi connectivity index (χ1) is 10.8. The van der Waals surface area contributed by atoms with E-state index in [1.807, 2.05) is 32.9 Å². The highest BCUT2D eigenvalue weighted by molar-refractivity contribution is 6.04. The van der Waals surface area contributed by atoms with Crippen LogP contribution in [0.5, 0.6) is 0 Å². The third kappa shape index (κ3) is 5.49. The highest BCUT2D eigenvalue weighted by atomic mass is 35.5. The van der Waals surface area contributed by atoms with E-state index in [2.05, 4.69) is 22.9 Å². The second kappa shape index (κ2) is 8.49. The van der Waals surface area contributed by atoms with Gasteiger partial charge in [-0.2, -0.15) is 0 Å². The fraction of sp³-hybridized carbons (Fsp3) is 0.556. The van der Waals surface area contributed by atoms with Gasteiger partial charge in [0.1, 0.15) is 0 Å². The summed E-state index contributed by atoms with van der Waals surface area (Å²) in [4.78, 5) is 24.8. The van der Waals surface area contributed by atoms with Crippen LogP contribution in [0.1, 0.15) is 50.9 Å². The molecule has 0 aromatic heterocycles. The first-order valence-corrected chi connectivity index (χ1v) is 8.22. The van der Waals surface area contributed by atoms with Gasteiger partial charge in [0.15, 0.2) is 0 Å². The number of carbonyl (C=O) groups excluding carboxylic acids is 2. The normalized spacial score (nSPS) is 20.7. The third-order valence-corrected chi connectivity index (χ3v) is 4.06. The van der Waals surface area contributed by atoms with E-state index in [1.54, 1.807) is 12.1 Å². The van der Waals surface area contributed by atoms with Crippen LogP contribution >= 0.6 is 12.4 Å². The molecule has 1 heterocycles. The summed E-state index contributed by atoms with van der Waals surface area (Å²) >= 11 is 0. The van der Waals surface area contributed by atoms with Crippen molar-refractivity contribution in [2.75, 3.05) is 11.9 Å². The highest BCUT2D eigenvalue weighted by Crippen LogP contribution is 2.21. The maximum absolute atomic E-state index is 12.6. The summed E-state index contributed by atoms with van der Waals surface area (Å²) in [5.74, 6) is -0.234. The van der Waals surface area contributed by atoms with Gasteiger partial charge in [-0.1, -0.05) is 32.9 Å². The first kappa shape index (κ1) is 20.5. The number of anilines is 1. The van der Waals surface area contributed by atoms with E-state index in [1.165, 1.54) is 0 Å². The average Bonchev–Trinajstić information content (AvgIpc) is 2.46. The van der Waals surface area contributed by atoms with Gasteiger partial charge in [0.05, 0.1) is 11.3 Å². The fourth-order valence-electron chi connectivity index (χ4n) is 2.63. The molecular weight excluding hydrogens is 326 g/mol. The van der Waals surface area contributed by atoms with Gasteiger partial charge < -0.3 is 16.0 Å². The SMILES string of the molecule is CC1CC(NC(=O)c2ccccc2NC(=O)C(C)(C)C)CCN1.Cl. The zero-order valence-electron chi connectivity index (χ0n) is 14.8. The van der Waals surface area contributed by atoms with Crippen molar-refractivity contribution in [2.45, 2.75) is 52.6 Å². The number of piperidine rings is 1. The molecule has 1 saturated heterocycles. The molecule has 1 aromatic rings. The number of benzene rings is 1. The minimum absolute atomic E-state index is 0. The second-order valence-electron chi connectivity index (χ2n) is 7.30. The predicted octanol–water partition coefficient (Wildman–Crippen LogP) is 2.96. The quantitative estimate of drug-likeness (QED) is 0.782. The van der Waals surface area contributed by atoms with Gasteiger partial charge in [-0.05, 0) is 38.4 Å². The van der Waals surface area contributed by atoms with Crippen molar-refractivity contribution in [3.63, 3.8) is 0 Å². The summed E-state index contributed by atoms with van der Waals surface area (Å²) in [6.07, 6.45) is 1.84. The molecule has 134 valence electrons. The third-order valence-electron chi connectivity index (χ3n) is 4.06. The number of nitrogens with one attached hydrogen (secondary N) is 3. The molecule has 2 amide bonds. The van der Waals surface area contributed by atoms with E-state index in [4.69, 9.17) is 0 Å². The number of hydrogen-bond acceptors (Lipinski definition) is 3. The van der Waals surface area contributed by atoms with Gasteiger partial charge >= 0.3 is 0 Å². The van der Waals surface area contributed by atoms with Crippen LogP contribution in [0.2, 0.25) is 0 Å². The Morgan fingerprint density at radius 2 is 1.88 bits per heavy atom. The van der Waals surface area contributed by atoms with Crippen LogP contribution in [0.25, 0.3) is 0 Å². The number of carbonyl (C=O) groups is 2. The van der Waals surface area contributed by atoms with Gasteiger partial charge in [-0.3, -0.25) is 9.59 Å². The number of amides is 2. The van der Waals surface area contributed by atoms with Crippen molar-refractivity contribution >= 4 is 29.9 Å². The van der Waals surface area contributed by atoms with E-state index < -0.39 is 5.41 Å². The zero-order chi connectivity index (χ0) is 17.0. The molecule has 0 bridgehead atoms. The molecule has 0 aliphatic carbocycles. The number of rotatable bonds is 3. The van der Waals surface area contributed by atoms with Gasteiger partial charge in [0.2, 0.25) is 5.91 Å². The highest BCUT2D eigenvalue weighted by Gasteiger charge is 2.24. The minimum Gasteiger partial charge on any atom is -0.349 e. The molecular formula is C18H28ClN3O2. The van der Waals surface area contributed by atoms with Crippen molar-refractivity contribution in [1.82, 2.24) is 10.6 Å². The molecule has 1 fully saturated rings. The molecule has 0 spiro atoms. The molecule has 6 heteroatoms. The Hall–Kier alpha value is -1.59. The lowest BCUT2D eigenvalue weighted by Gasteiger charge is -2.29. The summed E-state index contributed by atoms with van der Waals surface area (Å²) in [6.45, 7) is 8.58. The van der Waals surface area contributed by atoms with Gasteiger partial charge in [0.25, 0.3) is 5.91 Å². The largest absolute Gasteiger partial charge is 0.349 e. The lowest BCUT2D eigenvalue weighted by molar-refractivity contribution is -0.123. The maximum Gasteiger partial charge on any atom is 0.253 e. The van der Waals surface area contributed by atoms with Crippen LogP contribution < -0.4 is 16.0 Å². The Balaban J connectivity index is 0.00000288. The Morgan fingerprint density at radius 3 is 2.50 bits per heavy atom. The summed E-state index contributed by atoms with van der Waals surface area (Å²) < 4.78 is 0. The number of halogens is 1. The topological polar surface area (TPSA) is 70.2 Å². The Labute approximate surface area is 150 Å². The summed E-state index contributed by atoms with van der Waals surface area (Å²) in [6, 6.07) is 7.73. The standard InChI is InChI=1S/C18H27N3O2.ClH/c1-12-11-13(9-10-19-12)20-16(22)14-7-5-6-8-15(14)21-17(23)18(2,3)4;/h5-8,12-13,19H,9-11H2,1-4H3,(H,20,22)(H,21,23);1H. The van der Waals surface area contributed by atoms with Crippen LogP contribution in [-0.2, 0) is 4.79 Å². The molecule has 2 unspecified atom stereocenters. The van der Waals surface area contributed by atoms with Crippen molar-refractivity contribution < 1.29 is 9.59 Å². The fourth-order valence-corrected chi connectivity index (χ4v) is 2.63. The van der Waals surface area contributed by atoms with Crippen molar-refractivity contribution in [2.24, 2.45) is 5.41 Å². The molecule has 2 rings (SSSR count). The van der Waals surface area contributed by atoms with Gasteiger partial charge in [-0.25, -0.2) is 0 Å². The molecule has 0 saturated carbocycles. The summed E-state index contributed by atoms with van der Waals surface area (Å²) in [5.41, 5.74) is 0.567. The molecule has 24 heavy (non-hydrogen) atoms. The Morgan fingerprint density at radius 1 is 1.21 bits per heavy atom. The summed E-state index contributed by atoms with van der Waals surface area (Å²) in [7, 11) is 0. The van der Waals surface area contributed by atoms with E-state index in [0.717, 1.165) is 19.4 Å². The monoisotopic (exact) mass is 353 g/mol. The van der Waals surface area contributed by atoms with Crippen LogP contribution in [-0.4, -0.2) is 30.4 Å². The molecule has 3 N–H and O–H groups in total. The molecule has 1 aliphatic rings. The van der Waals surface area contributed by atoms with E-state index in [9.17, 15) is 9.59 Å². The van der Waals surface area contributed by atoms with Crippen LogP contribution in [0, 0.1) is 5.41 Å². The number of para-hydroxylation sites is 1. The Bertz CT molecular complexity index is 584. The zero-order valence-corrected chi connectivity index (χ0v) is 15.6. The molecule has 5 nitrogen and oxygen atoms in total. The lowest BCUT2D eigenvalue weighted by Crippen LogP contribution is -2.46. The minimum atomic E-state index is -0.506. The summed E-state index contributed by atoms with van der Waals surface area (Å²) in [5, 5.41) is 9.32. The molecule has 0 radical (unpaired) electrons. The van der Waals surface area contributed by atoms with Crippen molar-refractivity contribution in [3.8, 4) is 0 Å². The van der Waals surface area contributed by atoms with Crippen molar-refractivity contribution in [1.29, 1.82) is 0 Å². The lowest BCUT2D eigenvalue weighted by atomic mass is 9.95. The average molecular weight is 354 g/mol. The van der Waals surface area contributed by atoms with E-state index >= 15 is 0 Å². The van der Waals surface area contributed by atoms with E-state index in [-0.39, 0.29) is 30.3 Å². The molecule has 1 aliphatic heterocycles. The smallest absolute Gasteiger partial charge is 0.253 e. The molecule has 1 aromatic carbocycles. The second-order valence-corrected chi connectivity index (χ2v) is 7.30. The van der Waals surface area contributed by atoms with E-state index in [0.29, 0.717) is 17.3 Å². The molecule has 2 atom stereocenters. The number of hydrogen-bond donors (Lipinski definition) is 3. The Kier molecular flexibility index (Phi) is 7.24. The first-order valence-electron chi connectivity index (χ1n) is 8.22. The predicted molar refractivity (Wildman–Crippen MR) is 99.7 cm³/mol.